The monoisotopic (exact) mass is 316 g/mol. The van der Waals surface area contributed by atoms with Gasteiger partial charge in [-0.15, -0.1) is 0 Å². The zero-order valence-corrected chi connectivity index (χ0v) is 11.4. The molecule has 5 heteroatoms. The van der Waals surface area contributed by atoms with Crippen LogP contribution in [0.3, 0.4) is 0 Å². The SMILES string of the molecule is Brc1ccc(-c2noc(/C=C/c3ccccc3)n2)o1. The van der Waals surface area contributed by atoms with Gasteiger partial charge >= 0.3 is 0 Å². The Morgan fingerprint density at radius 2 is 1.84 bits per heavy atom. The maximum absolute atomic E-state index is 5.35. The average Bonchev–Trinajstić information content (AvgIpc) is 3.06. The van der Waals surface area contributed by atoms with Crippen molar-refractivity contribution in [1.29, 1.82) is 0 Å². The van der Waals surface area contributed by atoms with Crippen LogP contribution < -0.4 is 0 Å². The molecule has 94 valence electrons. The fraction of sp³-hybridized carbons (Fsp3) is 0. The van der Waals surface area contributed by atoms with Crippen LogP contribution in [0, 0.1) is 0 Å². The molecule has 0 spiro atoms. The van der Waals surface area contributed by atoms with Gasteiger partial charge in [-0.05, 0) is 39.7 Å². The minimum atomic E-state index is 0.429. The van der Waals surface area contributed by atoms with E-state index in [1.807, 2.05) is 36.4 Å². The molecule has 19 heavy (non-hydrogen) atoms. The van der Waals surface area contributed by atoms with Crippen molar-refractivity contribution in [2.45, 2.75) is 0 Å². The van der Waals surface area contributed by atoms with Gasteiger partial charge in [0, 0.05) is 6.08 Å². The zero-order valence-electron chi connectivity index (χ0n) is 9.79. The molecule has 3 aromatic rings. The fourth-order valence-electron chi connectivity index (χ4n) is 1.57. The maximum atomic E-state index is 5.35. The Balaban J connectivity index is 1.80. The van der Waals surface area contributed by atoms with Crippen molar-refractivity contribution >= 4 is 28.1 Å². The van der Waals surface area contributed by atoms with E-state index in [2.05, 4.69) is 26.1 Å². The predicted molar refractivity (Wildman–Crippen MR) is 75.1 cm³/mol. The number of nitrogens with zero attached hydrogens (tertiary/aromatic N) is 2. The molecule has 0 atom stereocenters. The lowest BCUT2D eigenvalue weighted by Gasteiger charge is -1.88. The van der Waals surface area contributed by atoms with Crippen molar-refractivity contribution in [3.05, 3.63) is 58.6 Å². The third-order valence-electron chi connectivity index (χ3n) is 2.45. The van der Waals surface area contributed by atoms with Crippen molar-refractivity contribution in [2.24, 2.45) is 0 Å². The second-order valence-electron chi connectivity index (χ2n) is 3.80. The fourth-order valence-corrected chi connectivity index (χ4v) is 1.88. The van der Waals surface area contributed by atoms with E-state index < -0.39 is 0 Å². The molecular weight excluding hydrogens is 308 g/mol. The molecule has 0 unspecified atom stereocenters. The minimum absolute atomic E-state index is 0.429. The summed E-state index contributed by atoms with van der Waals surface area (Å²) in [5.74, 6) is 1.43. The van der Waals surface area contributed by atoms with Crippen LogP contribution in [0.15, 0.2) is 56.1 Å². The van der Waals surface area contributed by atoms with Gasteiger partial charge in [0.1, 0.15) is 0 Å². The summed E-state index contributed by atoms with van der Waals surface area (Å²) < 4.78 is 11.1. The molecule has 0 saturated carbocycles. The predicted octanol–water partition coefficient (Wildman–Crippen LogP) is 4.26. The molecule has 0 N–H and O–H groups in total. The molecule has 0 bridgehead atoms. The van der Waals surface area contributed by atoms with E-state index in [0.29, 0.717) is 22.1 Å². The molecule has 3 rings (SSSR count). The third kappa shape index (κ3) is 2.82. The van der Waals surface area contributed by atoms with Gasteiger partial charge in [-0.3, -0.25) is 0 Å². The molecule has 4 nitrogen and oxygen atoms in total. The Labute approximate surface area is 117 Å². The summed E-state index contributed by atoms with van der Waals surface area (Å²) in [4.78, 5) is 4.23. The van der Waals surface area contributed by atoms with E-state index in [-0.39, 0.29) is 0 Å². The van der Waals surface area contributed by atoms with Crippen LogP contribution in [0.4, 0.5) is 0 Å². The van der Waals surface area contributed by atoms with Crippen LogP contribution in [0.25, 0.3) is 23.7 Å². The number of hydrogen-bond acceptors (Lipinski definition) is 4. The lowest BCUT2D eigenvalue weighted by atomic mass is 10.2. The van der Waals surface area contributed by atoms with Crippen LogP contribution >= 0.6 is 15.9 Å². The molecule has 0 aliphatic carbocycles. The number of halogens is 1. The minimum Gasteiger partial charge on any atom is -0.446 e. The van der Waals surface area contributed by atoms with E-state index >= 15 is 0 Å². The normalized spacial score (nSPS) is 11.2. The molecule has 0 aliphatic rings. The van der Waals surface area contributed by atoms with Gasteiger partial charge in [-0.25, -0.2) is 0 Å². The summed E-state index contributed by atoms with van der Waals surface area (Å²) in [6, 6.07) is 13.5. The van der Waals surface area contributed by atoms with Crippen molar-refractivity contribution in [3.63, 3.8) is 0 Å². The molecule has 0 aliphatic heterocycles. The summed E-state index contributed by atoms with van der Waals surface area (Å²) in [6.45, 7) is 0. The number of hydrogen-bond donors (Lipinski definition) is 0. The van der Waals surface area contributed by atoms with Gasteiger partial charge in [0.15, 0.2) is 10.4 Å². The Morgan fingerprint density at radius 3 is 2.58 bits per heavy atom. The van der Waals surface area contributed by atoms with Crippen LogP contribution in [0.1, 0.15) is 11.5 Å². The van der Waals surface area contributed by atoms with Gasteiger partial charge in [-0.1, -0.05) is 35.5 Å². The third-order valence-corrected chi connectivity index (χ3v) is 2.88. The Bertz CT molecular complexity index is 701. The number of benzene rings is 1. The highest BCUT2D eigenvalue weighted by Gasteiger charge is 2.10. The Morgan fingerprint density at radius 1 is 1.00 bits per heavy atom. The van der Waals surface area contributed by atoms with Crippen molar-refractivity contribution in [3.8, 4) is 11.6 Å². The summed E-state index contributed by atoms with van der Waals surface area (Å²) in [7, 11) is 0. The second kappa shape index (κ2) is 5.24. The number of furan rings is 1. The average molecular weight is 317 g/mol. The lowest BCUT2D eigenvalue weighted by molar-refractivity contribution is 0.409. The van der Waals surface area contributed by atoms with Crippen molar-refractivity contribution in [1.82, 2.24) is 10.1 Å². The molecule has 2 aromatic heterocycles. The molecule has 2 heterocycles. The largest absolute Gasteiger partial charge is 0.446 e. The van der Waals surface area contributed by atoms with Crippen LogP contribution in [0.2, 0.25) is 0 Å². The lowest BCUT2D eigenvalue weighted by Crippen LogP contribution is -1.76. The van der Waals surface area contributed by atoms with Crippen LogP contribution in [0.5, 0.6) is 0 Å². The highest BCUT2D eigenvalue weighted by Crippen LogP contribution is 2.22. The van der Waals surface area contributed by atoms with E-state index in [0.717, 1.165) is 5.56 Å². The number of aromatic nitrogens is 2. The molecule has 0 amide bonds. The van der Waals surface area contributed by atoms with E-state index in [9.17, 15) is 0 Å². The van der Waals surface area contributed by atoms with Gasteiger partial charge < -0.3 is 8.94 Å². The van der Waals surface area contributed by atoms with Crippen molar-refractivity contribution < 1.29 is 8.94 Å². The van der Waals surface area contributed by atoms with Gasteiger partial charge in [-0.2, -0.15) is 4.98 Å². The van der Waals surface area contributed by atoms with Crippen molar-refractivity contribution in [2.75, 3.05) is 0 Å². The molecule has 0 fully saturated rings. The smallest absolute Gasteiger partial charge is 0.251 e. The Hall–Kier alpha value is -2.14. The standard InChI is InChI=1S/C14H9BrN2O2/c15-12-8-7-11(18-12)14-16-13(19-17-14)9-6-10-4-2-1-3-5-10/h1-9H/b9-6+. The van der Waals surface area contributed by atoms with Crippen LogP contribution in [-0.4, -0.2) is 10.1 Å². The van der Waals surface area contributed by atoms with E-state index in [1.54, 1.807) is 18.2 Å². The molecule has 0 radical (unpaired) electrons. The van der Waals surface area contributed by atoms with Crippen LogP contribution in [-0.2, 0) is 0 Å². The van der Waals surface area contributed by atoms with Gasteiger partial charge in [0.2, 0.25) is 5.82 Å². The topological polar surface area (TPSA) is 52.1 Å². The van der Waals surface area contributed by atoms with E-state index in [1.165, 1.54) is 0 Å². The van der Waals surface area contributed by atoms with E-state index in [4.69, 9.17) is 8.94 Å². The molecule has 1 aromatic carbocycles. The first-order valence-corrected chi connectivity index (χ1v) is 6.43. The Kier molecular flexibility index (Phi) is 3.29. The first-order valence-electron chi connectivity index (χ1n) is 5.64. The molecule has 0 saturated heterocycles. The molecular formula is C14H9BrN2O2. The van der Waals surface area contributed by atoms with Gasteiger partial charge in [0.25, 0.3) is 5.89 Å². The number of rotatable bonds is 3. The second-order valence-corrected chi connectivity index (χ2v) is 4.59. The highest BCUT2D eigenvalue weighted by atomic mass is 79.9. The summed E-state index contributed by atoms with van der Waals surface area (Å²) >= 11 is 3.23. The summed E-state index contributed by atoms with van der Waals surface area (Å²) in [6.07, 6.45) is 3.68. The quantitative estimate of drug-likeness (QED) is 0.724. The first kappa shape index (κ1) is 11.9. The highest BCUT2D eigenvalue weighted by molar-refractivity contribution is 9.10. The maximum Gasteiger partial charge on any atom is 0.251 e. The zero-order chi connectivity index (χ0) is 13.1. The first-order chi connectivity index (χ1) is 9.31. The summed E-state index contributed by atoms with van der Waals surface area (Å²) in [5.41, 5.74) is 1.07. The summed E-state index contributed by atoms with van der Waals surface area (Å²) in [5, 5.41) is 3.86. The van der Waals surface area contributed by atoms with Gasteiger partial charge in [0.05, 0.1) is 0 Å².